The van der Waals surface area contributed by atoms with Crippen LogP contribution in [-0.4, -0.2) is 27.5 Å². The summed E-state index contributed by atoms with van der Waals surface area (Å²) in [6, 6.07) is 1.10. The van der Waals surface area contributed by atoms with Crippen LogP contribution in [-0.2, 0) is 14.8 Å². The van der Waals surface area contributed by atoms with E-state index in [4.69, 9.17) is 4.42 Å². The van der Waals surface area contributed by atoms with Gasteiger partial charge < -0.3 is 9.15 Å². The molecule has 1 N–H and O–H groups in total. The number of hydrogen-bond acceptors (Lipinski definition) is 5. The van der Waals surface area contributed by atoms with Crippen molar-refractivity contribution < 1.29 is 22.4 Å². The van der Waals surface area contributed by atoms with Crippen molar-refractivity contribution in [2.75, 3.05) is 7.11 Å². The summed E-state index contributed by atoms with van der Waals surface area (Å²) >= 11 is 3.03. The zero-order valence-electron chi connectivity index (χ0n) is 11.9. The van der Waals surface area contributed by atoms with Gasteiger partial charge in [-0.15, -0.1) is 0 Å². The van der Waals surface area contributed by atoms with Gasteiger partial charge in [0, 0.05) is 12.1 Å². The molecule has 21 heavy (non-hydrogen) atoms. The molecule has 0 aliphatic heterocycles. The van der Waals surface area contributed by atoms with Crippen molar-refractivity contribution in [3.63, 3.8) is 0 Å². The van der Waals surface area contributed by atoms with Gasteiger partial charge in [-0.3, -0.25) is 0 Å². The van der Waals surface area contributed by atoms with E-state index in [0.717, 1.165) is 25.7 Å². The number of esters is 1. The summed E-state index contributed by atoms with van der Waals surface area (Å²) in [7, 11) is -2.52. The number of furan rings is 1. The molecule has 1 heterocycles. The van der Waals surface area contributed by atoms with E-state index in [2.05, 4.69) is 32.3 Å². The third kappa shape index (κ3) is 3.87. The maximum absolute atomic E-state index is 12.4. The Hall–Kier alpha value is -0.860. The van der Waals surface area contributed by atoms with Gasteiger partial charge in [-0.05, 0) is 47.5 Å². The van der Waals surface area contributed by atoms with Crippen LogP contribution in [0.4, 0.5) is 0 Å². The van der Waals surface area contributed by atoms with Crippen LogP contribution in [0.1, 0.15) is 43.2 Å². The maximum Gasteiger partial charge on any atom is 0.374 e. The summed E-state index contributed by atoms with van der Waals surface area (Å²) in [4.78, 5) is 11.3. The van der Waals surface area contributed by atoms with Crippen molar-refractivity contribution in [2.45, 2.75) is 43.5 Å². The molecule has 1 aromatic heterocycles. The molecule has 6 nitrogen and oxygen atoms in total. The Morgan fingerprint density at radius 2 is 2.00 bits per heavy atom. The summed E-state index contributed by atoms with van der Waals surface area (Å²) in [5, 5.41) is 0. The van der Waals surface area contributed by atoms with Crippen LogP contribution < -0.4 is 4.72 Å². The van der Waals surface area contributed by atoms with Crippen LogP contribution in [0.2, 0.25) is 0 Å². The Labute approximate surface area is 132 Å². The van der Waals surface area contributed by atoms with Crippen molar-refractivity contribution in [1.29, 1.82) is 0 Å². The zero-order chi connectivity index (χ0) is 15.6. The number of halogens is 1. The molecule has 1 aromatic rings. The quantitative estimate of drug-likeness (QED) is 0.812. The highest BCUT2D eigenvalue weighted by Gasteiger charge is 2.29. The minimum Gasteiger partial charge on any atom is -0.463 e. The summed E-state index contributed by atoms with van der Waals surface area (Å²) in [6.45, 7) is 2.17. The first-order valence-electron chi connectivity index (χ1n) is 6.73. The molecule has 2 rings (SSSR count). The number of nitrogens with one attached hydrogen (secondary N) is 1. The lowest BCUT2D eigenvalue weighted by Crippen LogP contribution is -2.37. The van der Waals surface area contributed by atoms with E-state index in [9.17, 15) is 13.2 Å². The first-order chi connectivity index (χ1) is 9.83. The second kappa shape index (κ2) is 6.50. The topological polar surface area (TPSA) is 85.6 Å². The van der Waals surface area contributed by atoms with Crippen molar-refractivity contribution in [3.8, 4) is 0 Å². The molecule has 0 amide bonds. The van der Waals surface area contributed by atoms with Gasteiger partial charge in [-0.1, -0.05) is 6.92 Å². The molecule has 0 saturated heterocycles. The molecule has 0 atom stereocenters. The Morgan fingerprint density at radius 1 is 1.38 bits per heavy atom. The lowest BCUT2D eigenvalue weighted by molar-refractivity contribution is 0.0563. The predicted molar refractivity (Wildman–Crippen MR) is 79.5 cm³/mol. The lowest BCUT2D eigenvalue weighted by atomic mass is 9.88. The van der Waals surface area contributed by atoms with Crippen LogP contribution in [0.3, 0.4) is 0 Å². The minimum atomic E-state index is -3.73. The summed E-state index contributed by atoms with van der Waals surface area (Å²) in [5.41, 5.74) is 0. The second-order valence-corrected chi connectivity index (χ2v) is 7.72. The minimum absolute atomic E-state index is 0.000391. The normalized spacial score (nSPS) is 23.0. The first kappa shape index (κ1) is 16.5. The summed E-state index contributed by atoms with van der Waals surface area (Å²) < 4.78 is 37.0. The van der Waals surface area contributed by atoms with Crippen LogP contribution in [0.5, 0.6) is 0 Å². The molecule has 0 unspecified atom stereocenters. The highest BCUT2D eigenvalue weighted by molar-refractivity contribution is 9.10. The second-order valence-electron chi connectivity index (χ2n) is 5.32. The van der Waals surface area contributed by atoms with E-state index in [1.807, 2.05) is 0 Å². The predicted octanol–water partition coefficient (Wildman–Crippen LogP) is 2.69. The molecule has 0 aromatic carbocycles. The molecule has 8 heteroatoms. The fourth-order valence-electron chi connectivity index (χ4n) is 2.40. The number of rotatable bonds is 4. The van der Waals surface area contributed by atoms with Gasteiger partial charge >= 0.3 is 5.97 Å². The smallest absolute Gasteiger partial charge is 0.374 e. The van der Waals surface area contributed by atoms with Gasteiger partial charge in [0.15, 0.2) is 4.67 Å². The zero-order valence-corrected chi connectivity index (χ0v) is 14.3. The fraction of sp³-hybridized carbons (Fsp3) is 0.615. The van der Waals surface area contributed by atoms with Gasteiger partial charge in [0.05, 0.1) is 7.11 Å². The van der Waals surface area contributed by atoms with E-state index in [-0.39, 0.29) is 21.4 Å². The number of sulfonamides is 1. The van der Waals surface area contributed by atoms with E-state index in [1.165, 1.54) is 13.2 Å². The van der Waals surface area contributed by atoms with Crippen molar-refractivity contribution >= 4 is 31.9 Å². The highest BCUT2D eigenvalue weighted by Crippen LogP contribution is 2.29. The molecule has 0 radical (unpaired) electrons. The van der Waals surface area contributed by atoms with Gasteiger partial charge in [-0.2, -0.15) is 0 Å². The van der Waals surface area contributed by atoms with Crippen molar-refractivity contribution in [3.05, 3.63) is 16.5 Å². The van der Waals surface area contributed by atoms with E-state index in [1.54, 1.807) is 0 Å². The Morgan fingerprint density at radius 3 is 2.57 bits per heavy atom. The van der Waals surface area contributed by atoms with Gasteiger partial charge in [0.1, 0.15) is 4.90 Å². The molecule has 1 aliphatic carbocycles. The van der Waals surface area contributed by atoms with E-state index >= 15 is 0 Å². The third-order valence-corrected chi connectivity index (χ3v) is 6.05. The molecule has 0 bridgehead atoms. The molecular formula is C13H18BrNO5S. The first-order valence-corrected chi connectivity index (χ1v) is 9.01. The largest absolute Gasteiger partial charge is 0.463 e. The Kier molecular flexibility index (Phi) is 5.11. The van der Waals surface area contributed by atoms with E-state index < -0.39 is 16.0 Å². The number of carbonyl (C=O) groups is 1. The van der Waals surface area contributed by atoms with Crippen LogP contribution in [0.25, 0.3) is 0 Å². The van der Waals surface area contributed by atoms with Crippen LogP contribution in [0, 0.1) is 5.92 Å². The van der Waals surface area contributed by atoms with Gasteiger partial charge in [-0.25, -0.2) is 17.9 Å². The summed E-state index contributed by atoms with van der Waals surface area (Å²) in [6.07, 6.45) is 3.65. The van der Waals surface area contributed by atoms with Crippen LogP contribution >= 0.6 is 15.9 Å². The van der Waals surface area contributed by atoms with Gasteiger partial charge in [0.2, 0.25) is 15.8 Å². The SMILES string of the molecule is COC(=O)c1cc(S(=O)(=O)NC2CCC(C)CC2)c(Br)o1. The molecule has 1 aliphatic rings. The average molecular weight is 380 g/mol. The Bertz CT molecular complexity index is 617. The standard InChI is InChI=1S/C13H18BrNO5S/c1-8-3-5-9(6-4-8)15-21(17,18)11-7-10(13(16)19-2)20-12(11)14/h7-9,15H,3-6H2,1-2H3. The average Bonchev–Trinajstić information content (AvgIpc) is 2.83. The van der Waals surface area contributed by atoms with Crippen molar-refractivity contribution in [1.82, 2.24) is 4.72 Å². The lowest BCUT2D eigenvalue weighted by Gasteiger charge is -2.26. The fourth-order valence-corrected chi connectivity index (χ4v) is 4.64. The molecular weight excluding hydrogens is 362 g/mol. The number of hydrogen-bond donors (Lipinski definition) is 1. The molecule has 1 saturated carbocycles. The molecule has 118 valence electrons. The van der Waals surface area contributed by atoms with Crippen LogP contribution in [0.15, 0.2) is 20.0 Å². The molecule has 0 spiro atoms. The number of ether oxygens (including phenoxy) is 1. The van der Waals surface area contributed by atoms with E-state index in [0.29, 0.717) is 5.92 Å². The number of carbonyl (C=O) groups excluding carboxylic acids is 1. The monoisotopic (exact) mass is 379 g/mol. The van der Waals surface area contributed by atoms with Gasteiger partial charge in [0.25, 0.3) is 0 Å². The Balaban J connectivity index is 2.16. The third-order valence-electron chi connectivity index (χ3n) is 3.67. The number of methoxy groups -OCH3 is 1. The maximum atomic E-state index is 12.4. The summed E-state index contributed by atoms with van der Waals surface area (Å²) in [5.74, 6) is -0.233. The van der Waals surface area contributed by atoms with Crippen molar-refractivity contribution in [2.24, 2.45) is 5.92 Å². The highest BCUT2D eigenvalue weighted by atomic mass is 79.9. The molecule has 1 fully saturated rings.